The molecule has 3 aliphatic rings. The SMILES string of the molecule is CC/C=C\C/C=C\C/C=C\C/C=C\C/C=C\C/C=C\C/C=C\C/C=C\C/C=C\C/C=C\CCCCC(=O)NC(COC1OC(CO)C(OC2OC(CO)C(OC3OC(CO)C(O)C(O)C3O)C(O)C2O)C(O)C1O)C(O)/C=C/CCCCCCCCCCCCCCCCCCCCC. The van der Waals surface area contributed by atoms with Crippen molar-refractivity contribution in [2.75, 3.05) is 26.4 Å². The van der Waals surface area contributed by atoms with Crippen molar-refractivity contribution in [1.82, 2.24) is 5.32 Å². The molecule has 3 rings (SSSR count). The maximum Gasteiger partial charge on any atom is 0.220 e. The number of unbranched alkanes of at least 4 members (excludes halogenated alkanes) is 21. The second kappa shape index (κ2) is 59.3. The Morgan fingerprint density at radius 1 is 0.374 bits per heavy atom. The van der Waals surface area contributed by atoms with Crippen molar-refractivity contribution in [2.45, 2.75) is 336 Å². The molecule has 3 saturated heterocycles. The molecule has 566 valence electrons. The van der Waals surface area contributed by atoms with Crippen molar-refractivity contribution in [3.05, 3.63) is 134 Å². The Hall–Kier alpha value is -4.07. The molecular weight excluding hydrogens is 1260 g/mol. The molecule has 17 atom stereocenters. The summed E-state index contributed by atoms with van der Waals surface area (Å²) in [6, 6.07) is -1.01. The van der Waals surface area contributed by atoms with Gasteiger partial charge in [-0.05, 0) is 96.3 Å². The molecule has 3 aliphatic heterocycles. The molecule has 99 heavy (non-hydrogen) atoms. The second-order valence-electron chi connectivity index (χ2n) is 26.4. The fourth-order valence-electron chi connectivity index (χ4n) is 11.9. The van der Waals surface area contributed by atoms with Crippen LogP contribution in [0.5, 0.6) is 0 Å². The number of amides is 1. The van der Waals surface area contributed by atoms with Crippen LogP contribution in [0.25, 0.3) is 0 Å². The smallest absolute Gasteiger partial charge is 0.220 e. The van der Waals surface area contributed by atoms with Gasteiger partial charge in [0.1, 0.15) is 73.2 Å². The maximum atomic E-state index is 13.4. The molecule has 3 heterocycles. The van der Waals surface area contributed by atoms with Crippen LogP contribution in [-0.4, -0.2) is 193 Å². The first-order valence-corrected chi connectivity index (χ1v) is 37.9. The third kappa shape index (κ3) is 40.0. The molecule has 3 fully saturated rings. The lowest BCUT2D eigenvalue weighted by atomic mass is 9.96. The molecule has 0 spiro atoms. The van der Waals surface area contributed by atoms with Crippen LogP contribution in [0.1, 0.15) is 232 Å². The van der Waals surface area contributed by atoms with Gasteiger partial charge in [-0.1, -0.05) is 263 Å². The predicted octanol–water partition coefficient (Wildman–Crippen LogP) is 11.7. The molecule has 17 unspecified atom stereocenters. The number of ether oxygens (including phenoxy) is 6. The fourth-order valence-corrected chi connectivity index (χ4v) is 11.9. The van der Waals surface area contributed by atoms with Crippen LogP contribution in [-0.2, 0) is 33.2 Å². The van der Waals surface area contributed by atoms with E-state index in [1.54, 1.807) is 6.08 Å². The van der Waals surface area contributed by atoms with Crippen LogP contribution in [0.3, 0.4) is 0 Å². The second-order valence-corrected chi connectivity index (χ2v) is 26.4. The molecule has 0 aromatic heterocycles. The zero-order valence-electron chi connectivity index (χ0n) is 60.2. The zero-order valence-corrected chi connectivity index (χ0v) is 60.2. The van der Waals surface area contributed by atoms with Gasteiger partial charge in [-0.15, -0.1) is 0 Å². The third-order valence-corrected chi connectivity index (χ3v) is 18.0. The van der Waals surface area contributed by atoms with E-state index in [0.717, 1.165) is 103 Å². The summed E-state index contributed by atoms with van der Waals surface area (Å²) in [5, 5.41) is 121. The van der Waals surface area contributed by atoms with Gasteiger partial charge in [0.05, 0.1) is 38.6 Å². The molecule has 0 bridgehead atoms. The highest BCUT2D eigenvalue weighted by Gasteiger charge is 2.53. The molecule has 0 aromatic carbocycles. The average molecular weight is 1400 g/mol. The van der Waals surface area contributed by atoms with E-state index in [1.807, 2.05) is 6.08 Å². The minimum atomic E-state index is -1.99. The number of hydrogen-bond acceptors (Lipinski definition) is 18. The Kier molecular flexibility index (Phi) is 53.4. The van der Waals surface area contributed by atoms with E-state index in [9.17, 15) is 61.0 Å². The van der Waals surface area contributed by atoms with Crippen LogP contribution in [0.15, 0.2) is 134 Å². The fraction of sp³-hybridized carbons (Fsp3) is 0.713. The van der Waals surface area contributed by atoms with Crippen LogP contribution in [0, 0.1) is 0 Å². The summed E-state index contributed by atoms with van der Waals surface area (Å²) in [6.07, 6.45) is 57.1. The number of allylic oxidation sites excluding steroid dienone is 21. The first-order chi connectivity index (χ1) is 48.3. The first-order valence-electron chi connectivity index (χ1n) is 37.9. The van der Waals surface area contributed by atoms with Crippen LogP contribution >= 0.6 is 0 Å². The van der Waals surface area contributed by atoms with Gasteiger partial charge >= 0.3 is 0 Å². The van der Waals surface area contributed by atoms with E-state index in [1.165, 1.54) is 103 Å². The van der Waals surface area contributed by atoms with Gasteiger partial charge in [0.25, 0.3) is 0 Å². The third-order valence-electron chi connectivity index (χ3n) is 18.0. The Labute approximate surface area is 594 Å². The maximum absolute atomic E-state index is 13.4. The minimum Gasteiger partial charge on any atom is -0.394 e. The highest BCUT2D eigenvalue weighted by molar-refractivity contribution is 5.76. The van der Waals surface area contributed by atoms with Crippen LogP contribution in [0.4, 0.5) is 0 Å². The monoisotopic (exact) mass is 1400 g/mol. The van der Waals surface area contributed by atoms with Crippen molar-refractivity contribution in [3.63, 3.8) is 0 Å². The van der Waals surface area contributed by atoms with E-state index >= 15 is 0 Å². The molecule has 0 aliphatic carbocycles. The molecule has 19 nitrogen and oxygen atoms in total. The van der Waals surface area contributed by atoms with Gasteiger partial charge in [-0.25, -0.2) is 0 Å². The van der Waals surface area contributed by atoms with Crippen LogP contribution in [0.2, 0.25) is 0 Å². The van der Waals surface area contributed by atoms with E-state index in [0.29, 0.717) is 6.42 Å². The van der Waals surface area contributed by atoms with E-state index in [2.05, 4.69) is 141 Å². The largest absolute Gasteiger partial charge is 0.394 e. The highest BCUT2D eigenvalue weighted by atomic mass is 16.8. The minimum absolute atomic E-state index is 0.179. The van der Waals surface area contributed by atoms with Gasteiger partial charge in [-0.3, -0.25) is 4.79 Å². The Morgan fingerprint density at radius 3 is 1.09 bits per heavy atom. The van der Waals surface area contributed by atoms with E-state index in [-0.39, 0.29) is 18.9 Å². The normalized spacial score (nSPS) is 27.4. The summed E-state index contributed by atoms with van der Waals surface area (Å²) in [7, 11) is 0. The van der Waals surface area contributed by atoms with Crippen molar-refractivity contribution in [2.24, 2.45) is 0 Å². The molecule has 19 heteroatoms. The molecule has 0 saturated carbocycles. The van der Waals surface area contributed by atoms with Crippen LogP contribution < -0.4 is 5.32 Å². The molecule has 1 amide bonds. The summed E-state index contributed by atoms with van der Waals surface area (Å²) in [6.45, 7) is 1.59. The summed E-state index contributed by atoms with van der Waals surface area (Å²) in [5.41, 5.74) is 0. The number of nitrogens with one attached hydrogen (secondary N) is 1. The summed E-state index contributed by atoms with van der Waals surface area (Å²) in [4.78, 5) is 13.4. The number of rotatable bonds is 57. The lowest BCUT2D eigenvalue weighted by molar-refractivity contribution is -0.379. The van der Waals surface area contributed by atoms with Crippen molar-refractivity contribution < 1.29 is 89.4 Å². The van der Waals surface area contributed by atoms with Gasteiger partial charge in [-0.2, -0.15) is 0 Å². The quantitative estimate of drug-likeness (QED) is 0.0199. The van der Waals surface area contributed by atoms with Gasteiger partial charge in [0, 0.05) is 6.42 Å². The standard InChI is InChI=1S/C80H133NO18/c1-3-5-7-9-11-13-15-17-19-21-23-25-26-27-28-29-30-31-32-33-34-35-36-38-40-42-44-46-48-50-52-54-56-58-68(86)81-63(64(85)57-55-53-51-49-47-45-43-41-39-37-24-22-20-18-16-14-12-10-8-6-4-2)62-94-78-74(92)71(89)76(66(60-83)96-78)99-80-75(93)72(90)77(67(61-84)97-80)98-79-73(91)70(88)69(87)65(59-82)95-79/h5,7,11,13,17,19,23,25,27-28,30-31,33-34,36,38,42,44,48,50,55,57,63-67,69-80,82-85,87-93H,3-4,6,8-10,12,14-16,18,20-22,24,26,29,32,35,37,39-41,43,45-47,49,51-54,56,58-62H2,1-2H3,(H,81,86)/b7-5-,13-11-,19-17-,25-23-,28-27-,31-30-,34-33-,38-36-,44-42-,50-48-,57-55+. The van der Waals surface area contributed by atoms with Gasteiger partial charge < -0.3 is 89.9 Å². The zero-order chi connectivity index (χ0) is 71.8. The highest BCUT2D eigenvalue weighted by Crippen LogP contribution is 2.33. The lowest BCUT2D eigenvalue weighted by Gasteiger charge is -2.48. The van der Waals surface area contributed by atoms with E-state index < -0.39 is 124 Å². The van der Waals surface area contributed by atoms with Gasteiger partial charge in [0.15, 0.2) is 18.9 Å². The average Bonchev–Trinajstić information content (AvgIpc) is 0.761. The van der Waals surface area contributed by atoms with Gasteiger partial charge in [0.2, 0.25) is 5.91 Å². The first kappa shape index (κ1) is 89.1. The summed E-state index contributed by atoms with van der Waals surface area (Å²) in [5.74, 6) is -0.322. The molecule has 0 radical (unpaired) electrons. The number of aliphatic hydroxyl groups excluding tert-OH is 11. The summed E-state index contributed by atoms with van der Waals surface area (Å²) >= 11 is 0. The number of aliphatic hydroxyl groups is 11. The van der Waals surface area contributed by atoms with Crippen molar-refractivity contribution in [1.29, 1.82) is 0 Å². The summed E-state index contributed by atoms with van der Waals surface area (Å²) < 4.78 is 34.4. The molecular formula is C80H133NO18. The molecule has 12 N–H and O–H groups in total. The lowest BCUT2D eigenvalue weighted by Crippen LogP contribution is -2.66. The Bertz CT molecular complexity index is 2310. The predicted molar refractivity (Wildman–Crippen MR) is 392 cm³/mol. The van der Waals surface area contributed by atoms with E-state index in [4.69, 9.17) is 28.4 Å². The Morgan fingerprint density at radius 2 is 0.697 bits per heavy atom. The topological polar surface area (TPSA) is 307 Å². The number of carbonyl (C=O) groups excluding carboxylic acids is 1. The van der Waals surface area contributed by atoms with Crippen molar-refractivity contribution >= 4 is 5.91 Å². The number of carbonyl (C=O) groups is 1. The molecule has 0 aromatic rings. The Balaban J connectivity index is 1.43. The van der Waals surface area contributed by atoms with Crippen molar-refractivity contribution in [3.8, 4) is 0 Å². The number of hydrogen-bond donors (Lipinski definition) is 12.